The number of nitrogens with zero attached hydrogens (tertiary/aromatic N) is 4. The molecule has 3 aromatic rings. The molecule has 1 fully saturated rings. The summed E-state index contributed by atoms with van der Waals surface area (Å²) in [5, 5.41) is 9.47. The van der Waals surface area contributed by atoms with Crippen molar-refractivity contribution in [3.8, 4) is 11.1 Å². The molecule has 1 aliphatic rings. The number of pyridine rings is 1. The number of anilines is 1. The van der Waals surface area contributed by atoms with Crippen LogP contribution in [0.2, 0.25) is 5.02 Å². The monoisotopic (exact) mass is 344 g/mol. The molecular weight excluding hydrogens is 324 g/mol. The maximum atomic E-state index is 6.32. The first-order chi connectivity index (χ1) is 11.7. The van der Waals surface area contributed by atoms with E-state index in [0.717, 1.165) is 53.8 Å². The lowest BCUT2D eigenvalue weighted by Gasteiger charge is -2.28. The van der Waals surface area contributed by atoms with Gasteiger partial charge in [0.05, 0.1) is 28.3 Å². The number of H-pyrrole nitrogens is 1. The normalized spacial score (nSPS) is 16.8. The topological polar surface area (TPSA) is 61.8 Å². The summed E-state index contributed by atoms with van der Waals surface area (Å²) in [5.41, 5.74) is 3.85. The fourth-order valence-electron chi connectivity index (χ4n) is 3.47. The van der Waals surface area contributed by atoms with Gasteiger partial charge in [0.25, 0.3) is 0 Å². The predicted molar refractivity (Wildman–Crippen MR) is 97.6 cm³/mol. The molecule has 6 nitrogen and oxygen atoms in total. The van der Waals surface area contributed by atoms with Crippen molar-refractivity contribution in [2.24, 2.45) is 0 Å². The summed E-state index contributed by atoms with van der Waals surface area (Å²) in [6.45, 7) is 2.24. The van der Waals surface area contributed by atoms with E-state index in [4.69, 9.17) is 11.6 Å². The predicted octanol–water partition coefficient (Wildman–Crippen LogP) is 3.39. The molecule has 0 radical (unpaired) electrons. The van der Waals surface area contributed by atoms with E-state index in [1.807, 2.05) is 19.4 Å². The van der Waals surface area contributed by atoms with Crippen molar-refractivity contribution < 1.29 is 0 Å². The zero-order valence-electron chi connectivity index (χ0n) is 13.9. The third kappa shape index (κ3) is 2.56. The Labute approximate surface area is 145 Å². The number of halogens is 1. The Morgan fingerprint density at radius 1 is 1.29 bits per heavy atom. The van der Waals surface area contributed by atoms with Gasteiger partial charge in [-0.05, 0) is 33.0 Å². The minimum absolute atomic E-state index is 0.473. The summed E-state index contributed by atoms with van der Waals surface area (Å²) in [4.78, 5) is 9.96. The lowest BCUT2D eigenvalue weighted by atomic mass is 10.1. The SMILES string of the molecule is CNc1c(-c2cnn(C3CCN(C)CC3)c2)cnc2[nH]cc(Cl)c12. The molecule has 3 aromatic heterocycles. The number of piperidine rings is 1. The molecule has 24 heavy (non-hydrogen) atoms. The molecule has 1 aliphatic heterocycles. The van der Waals surface area contributed by atoms with Crippen LogP contribution in [0, 0.1) is 0 Å². The van der Waals surface area contributed by atoms with Gasteiger partial charge in [-0.1, -0.05) is 11.6 Å². The van der Waals surface area contributed by atoms with Gasteiger partial charge < -0.3 is 15.2 Å². The van der Waals surface area contributed by atoms with E-state index in [2.05, 4.69) is 43.2 Å². The fourth-order valence-corrected chi connectivity index (χ4v) is 3.71. The second kappa shape index (κ2) is 6.11. The Morgan fingerprint density at radius 2 is 2.08 bits per heavy atom. The summed E-state index contributed by atoms with van der Waals surface area (Å²) < 4.78 is 2.10. The molecule has 1 saturated heterocycles. The minimum atomic E-state index is 0.473. The van der Waals surface area contributed by atoms with Crippen LogP contribution in [0.4, 0.5) is 5.69 Å². The lowest BCUT2D eigenvalue weighted by molar-refractivity contribution is 0.212. The van der Waals surface area contributed by atoms with Crippen LogP contribution in [0.5, 0.6) is 0 Å². The number of fused-ring (bicyclic) bond motifs is 1. The van der Waals surface area contributed by atoms with Gasteiger partial charge in [0, 0.05) is 36.8 Å². The van der Waals surface area contributed by atoms with Crippen LogP contribution < -0.4 is 5.32 Å². The van der Waals surface area contributed by atoms with E-state index >= 15 is 0 Å². The van der Waals surface area contributed by atoms with Gasteiger partial charge >= 0.3 is 0 Å². The number of aromatic amines is 1. The minimum Gasteiger partial charge on any atom is -0.387 e. The number of rotatable bonds is 3. The lowest BCUT2D eigenvalue weighted by Crippen LogP contribution is -2.31. The number of aromatic nitrogens is 4. The zero-order valence-corrected chi connectivity index (χ0v) is 14.6. The van der Waals surface area contributed by atoms with Gasteiger partial charge in [-0.2, -0.15) is 5.10 Å². The molecule has 0 amide bonds. The molecule has 0 bridgehead atoms. The summed E-state index contributed by atoms with van der Waals surface area (Å²) in [6, 6.07) is 0.473. The van der Waals surface area contributed by atoms with E-state index in [0.29, 0.717) is 11.1 Å². The van der Waals surface area contributed by atoms with E-state index in [-0.39, 0.29) is 0 Å². The molecule has 0 atom stereocenters. The van der Waals surface area contributed by atoms with Crippen LogP contribution in [0.25, 0.3) is 22.2 Å². The number of nitrogens with one attached hydrogen (secondary N) is 2. The smallest absolute Gasteiger partial charge is 0.140 e. The molecule has 7 heteroatoms. The highest BCUT2D eigenvalue weighted by Crippen LogP contribution is 2.37. The van der Waals surface area contributed by atoms with Crippen molar-refractivity contribution in [3.63, 3.8) is 0 Å². The molecule has 0 unspecified atom stereocenters. The molecule has 0 saturated carbocycles. The Bertz CT molecular complexity index is 859. The second-order valence-corrected chi connectivity index (χ2v) is 6.81. The van der Waals surface area contributed by atoms with E-state index in [1.54, 1.807) is 6.20 Å². The molecule has 126 valence electrons. The second-order valence-electron chi connectivity index (χ2n) is 6.40. The van der Waals surface area contributed by atoms with Crippen LogP contribution in [0.3, 0.4) is 0 Å². The van der Waals surface area contributed by atoms with Crippen molar-refractivity contribution >= 4 is 28.3 Å². The highest BCUT2D eigenvalue weighted by atomic mass is 35.5. The molecule has 4 rings (SSSR count). The molecule has 0 spiro atoms. The highest BCUT2D eigenvalue weighted by Gasteiger charge is 2.20. The molecular formula is C17H21ClN6. The third-order valence-corrected chi connectivity index (χ3v) is 5.18. The van der Waals surface area contributed by atoms with Gasteiger partial charge in [0.15, 0.2) is 0 Å². The quantitative estimate of drug-likeness (QED) is 0.764. The average Bonchev–Trinajstić information content (AvgIpc) is 3.22. The maximum Gasteiger partial charge on any atom is 0.140 e. The Balaban J connectivity index is 1.72. The number of hydrogen-bond donors (Lipinski definition) is 2. The summed E-state index contributed by atoms with van der Waals surface area (Å²) in [6.07, 6.45) is 9.96. The molecule has 0 aliphatic carbocycles. The number of hydrogen-bond acceptors (Lipinski definition) is 4. The fraction of sp³-hybridized carbons (Fsp3) is 0.412. The molecule has 4 heterocycles. The van der Waals surface area contributed by atoms with Gasteiger partial charge in [-0.25, -0.2) is 4.98 Å². The zero-order chi connectivity index (χ0) is 16.7. The Morgan fingerprint density at radius 3 is 2.83 bits per heavy atom. The first kappa shape index (κ1) is 15.5. The van der Waals surface area contributed by atoms with Crippen LogP contribution in [-0.4, -0.2) is 51.8 Å². The van der Waals surface area contributed by atoms with Crippen molar-refractivity contribution in [3.05, 3.63) is 29.8 Å². The first-order valence-corrected chi connectivity index (χ1v) is 8.61. The van der Waals surface area contributed by atoms with E-state index in [9.17, 15) is 0 Å². The van der Waals surface area contributed by atoms with Gasteiger partial charge in [-0.3, -0.25) is 4.68 Å². The molecule has 0 aromatic carbocycles. The van der Waals surface area contributed by atoms with Crippen molar-refractivity contribution in [2.45, 2.75) is 18.9 Å². The van der Waals surface area contributed by atoms with Crippen molar-refractivity contribution in [2.75, 3.05) is 32.5 Å². The Kier molecular flexibility index (Phi) is 3.94. The van der Waals surface area contributed by atoms with E-state index < -0.39 is 0 Å². The third-order valence-electron chi connectivity index (χ3n) is 4.88. The van der Waals surface area contributed by atoms with Gasteiger partial charge in [0.1, 0.15) is 5.65 Å². The average molecular weight is 345 g/mol. The van der Waals surface area contributed by atoms with Crippen molar-refractivity contribution in [1.29, 1.82) is 0 Å². The largest absolute Gasteiger partial charge is 0.387 e. The van der Waals surface area contributed by atoms with Crippen LogP contribution in [0.1, 0.15) is 18.9 Å². The maximum absolute atomic E-state index is 6.32. The first-order valence-electron chi connectivity index (χ1n) is 8.23. The van der Waals surface area contributed by atoms with Crippen molar-refractivity contribution in [1.82, 2.24) is 24.6 Å². The summed E-state index contributed by atoms with van der Waals surface area (Å²) in [7, 11) is 4.08. The van der Waals surface area contributed by atoms with Gasteiger partial charge in [-0.15, -0.1) is 0 Å². The van der Waals surface area contributed by atoms with Crippen LogP contribution in [0.15, 0.2) is 24.8 Å². The van der Waals surface area contributed by atoms with Crippen LogP contribution >= 0.6 is 11.6 Å². The van der Waals surface area contributed by atoms with Gasteiger partial charge in [0.2, 0.25) is 0 Å². The van der Waals surface area contributed by atoms with Crippen LogP contribution in [-0.2, 0) is 0 Å². The standard InChI is InChI=1S/C17H21ClN6/c1-19-16-13(8-20-17-15(16)14(18)9-21-17)11-7-22-24(10-11)12-3-5-23(2)6-4-12/h7-10,12H,3-6H2,1-2H3,(H2,19,20,21). The highest BCUT2D eigenvalue weighted by molar-refractivity contribution is 6.36. The number of likely N-dealkylation sites (tertiary alicyclic amines) is 1. The molecule has 2 N–H and O–H groups in total. The van der Waals surface area contributed by atoms with E-state index in [1.165, 1.54) is 0 Å². The summed E-state index contributed by atoms with van der Waals surface area (Å²) in [5.74, 6) is 0. The Hall–Kier alpha value is -2.05. The summed E-state index contributed by atoms with van der Waals surface area (Å²) >= 11 is 6.32.